The van der Waals surface area contributed by atoms with Gasteiger partial charge >= 0.3 is 0 Å². The highest BCUT2D eigenvalue weighted by Gasteiger charge is 2.35. The summed E-state index contributed by atoms with van der Waals surface area (Å²) in [5, 5.41) is 4.48. The molecule has 1 unspecified atom stereocenters. The van der Waals surface area contributed by atoms with Crippen molar-refractivity contribution in [3.05, 3.63) is 75.8 Å². The first-order chi connectivity index (χ1) is 12.2. The highest BCUT2D eigenvalue weighted by molar-refractivity contribution is 6.30. The predicted octanol–water partition coefficient (Wildman–Crippen LogP) is 5.58. The lowest BCUT2D eigenvalue weighted by Gasteiger charge is -2.27. The highest BCUT2D eigenvalue weighted by atomic mass is 35.5. The molecule has 1 N–H and O–H groups in total. The molecule has 25 heavy (non-hydrogen) atoms. The lowest BCUT2D eigenvalue weighted by Crippen LogP contribution is -2.34. The van der Waals surface area contributed by atoms with Crippen LogP contribution in [0.4, 0.5) is 0 Å². The van der Waals surface area contributed by atoms with Gasteiger partial charge in [-0.1, -0.05) is 67.3 Å². The number of carbonyl (C=O) groups is 1. The molecule has 0 saturated heterocycles. The lowest BCUT2D eigenvalue weighted by atomic mass is 9.93. The van der Waals surface area contributed by atoms with Gasteiger partial charge in [-0.25, -0.2) is 0 Å². The van der Waals surface area contributed by atoms with E-state index in [9.17, 15) is 4.79 Å². The molecule has 0 bridgehead atoms. The van der Waals surface area contributed by atoms with Gasteiger partial charge in [0.25, 0.3) is 0 Å². The molecule has 0 spiro atoms. The third-order valence-corrected chi connectivity index (χ3v) is 5.54. The summed E-state index contributed by atoms with van der Waals surface area (Å²) >= 11 is 5.99. The van der Waals surface area contributed by atoms with Gasteiger partial charge < -0.3 is 5.32 Å². The Kier molecular flexibility index (Phi) is 4.74. The number of Topliss-reactive ketones (excluding diaryl/α,β-unsaturated/α-hetero) is 1. The first-order valence-electron chi connectivity index (χ1n) is 9.09. The molecule has 0 heterocycles. The molecule has 1 atom stereocenters. The smallest absolute Gasteiger partial charge is 0.191 e. The van der Waals surface area contributed by atoms with Gasteiger partial charge in [-0.15, -0.1) is 0 Å². The van der Waals surface area contributed by atoms with Crippen LogP contribution in [0.5, 0.6) is 0 Å². The van der Waals surface area contributed by atoms with E-state index >= 15 is 0 Å². The van der Waals surface area contributed by atoms with Crippen molar-refractivity contribution in [2.24, 2.45) is 0 Å². The van der Waals surface area contributed by atoms with E-state index in [0.29, 0.717) is 11.1 Å². The molecule has 0 aromatic heterocycles. The number of benzene rings is 2. The van der Waals surface area contributed by atoms with Crippen LogP contribution in [0, 0.1) is 0 Å². The van der Waals surface area contributed by atoms with Crippen molar-refractivity contribution in [2.45, 2.75) is 44.2 Å². The summed E-state index contributed by atoms with van der Waals surface area (Å²) in [6.07, 6.45) is 8.28. The number of ketones is 1. The Hall–Kier alpha value is -1.90. The Morgan fingerprint density at radius 3 is 2.44 bits per heavy atom. The van der Waals surface area contributed by atoms with Gasteiger partial charge in [-0.05, 0) is 42.2 Å². The summed E-state index contributed by atoms with van der Waals surface area (Å²) in [5.41, 5.74) is 3.79. The zero-order valence-electron chi connectivity index (χ0n) is 14.2. The minimum atomic E-state index is -0.0116. The number of hydrogen-bond acceptors (Lipinski definition) is 2. The Balaban J connectivity index is 1.70. The molecule has 2 aromatic carbocycles. The number of hydrogen-bond donors (Lipinski definition) is 1. The van der Waals surface area contributed by atoms with Crippen LogP contribution in [-0.2, 0) is 0 Å². The lowest BCUT2D eigenvalue weighted by molar-refractivity contribution is 0.103. The van der Waals surface area contributed by atoms with Gasteiger partial charge in [0.1, 0.15) is 0 Å². The first kappa shape index (κ1) is 16.6. The number of carbonyl (C=O) groups excluding carboxylic acids is 1. The quantitative estimate of drug-likeness (QED) is 0.731. The second-order valence-corrected chi connectivity index (χ2v) is 7.44. The zero-order chi connectivity index (χ0) is 17.2. The Morgan fingerprint density at radius 1 is 0.960 bits per heavy atom. The topological polar surface area (TPSA) is 29.1 Å². The molecule has 4 rings (SSSR count). The average Bonchev–Trinajstić information content (AvgIpc) is 2.91. The summed E-state index contributed by atoms with van der Waals surface area (Å²) in [4.78, 5) is 13.0. The van der Waals surface area contributed by atoms with Gasteiger partial charge in [-0.3, -0.25) is 4.79 Å². The van der Waals surface area contributed by atoms with E-state index < -0.39 is 0 Å². The third kappa shape index (κ3) is 3.42. The van der Waals surface area contributed by atoms with Crippen LogP contribution in [-0.4, -0.2) is 11.8 Å². The Bertz CT molecular complexity index is 803. The molecule has 3 heteroatoms. The SMILES string of the molecule is O=C1/C(=C/c2ccc(Cl)cc2)C(NC2CCCCC2)c2ccccc21. The second kappa shape index (κ2) is 7.15. The van der Waals surface area contributed by atoms with Gasteiger partial charge in [0.2, 0.25) is 0 Å². The molecule has 0 radical (unpaired) electrons. The standard InChI is InChI=1S/C22H22ClNO/c23-16-12-10-15(11-13-16)14-20-21(24-17-6-2-1-3-7-17)18-8-4-5-9-19(18)22(20)25/h4-5,8-14,17,21,24H,1-3,6-7H2/b20-14+. The van der Waals surface area contributed by atoms with Crippen molar-refractivity contribution >= 4 is 23.5 Å². The fourth-order valence-corrected chi connectivity index (χ4v) is 4.11. The van der Waals surface area contributed by atoms with Crippen LogP contribution < -0.4 is 5.32 Å². The van der Waals surface area contributed by atoms with Gasteiger partial charge in [0.05, 0.1) is 6.04 Å². The minimum Gasteiger partial charge on any atom is -0.303 e. The number of rotatable bonds is 3. The summed E-state index contributed by atoms with van der Waals surface area (Å²) in [7, 11) is 0. The molecule has 2 aliphatic rings. The van der Waals surface area contributed by atoms with Crippen molar-refractivity contribution in [3.63, 3.8) is 0 Å². The molecule has 0 amide bonds. The summed E-state index contributed by atoms with van der Waals surface area (Å²) < 4.78 is 0. The normalized spacial score (nSPS) is 22.4. The van der Waals surface area contributed by atoms with Gasteiger partial charge in [-0.2, -0.15) is 0 Å². The van der Waals surface area contributed by atoms with Crippen LogP contribution >= 0.6 is 11.6 Å². The molecule has 1 saturated carbocycles. The van der Waals surface area contributed by atoms with Gasteiger partial charge in [0.15, 0.2) is 5.78 Å². The zero-order valence-corrected chi connectivity index (χ0v) is 14.9. The highest BCUT2D eigenvalue weighted by Crippen LogP contribution is 2.38. The van der Waals surface area contributed by atoms with Crippen LogP contribution in [0.2, 0.25) is 5.02 Å². The fraction of sp³-hybridized carbons (Fsp3) is 0.318. The van der Waals surface area contributed by atoms with E-state index in [0.717, 1.165) is 22.3 Å². The largest absolute Gasteiger partial charge is 0.303 e. The number of fused-ring (bicyclic) bond motifs is 1. The van der Waals surface area contributed by atoms with Crippen LogP contribution in [0.3, 0.4) is 0 Å². The van der Waals surface area contributed by atoms with E-state index in [1.54, 1.807) is 0 Å². The summed E-state index contributed by atoms with van der Waals surface area (Å²) in [6.45, 7) is 0. The monoisotopic (exact) mass is 351 g/mol. The molecule has 2 aromatic rings. The molecular weight excluding hydrogens is 330 g/mol. The van der Waals surface area contributed by atoms with Crippen LogP contribution in [0.25, 0.3) is 6.08 Å². The number of halogens is 1. The van der Waals surface area contributed by atoms with Crippen molar-refractivity contribution in [1.29, 1.82) is 0 Å². The van der Waals surface area contributed by atoms with Crippen molar-refractivity contribution in [3.8, 4) is 0 Å². The maximum atomic E-state index is 13.0. The molecule has 128 valence electrons. The maximum absolute atomic E-state index is 13.0. The molecule has 2 nitrogen and oxygen atoms in total. The third-order valence-electron chi connectivity index (χ3n) is 5.29. The average molecular weight is 352 g/mol. The van der Waals surface area contributed by atoms with E-state index in [4.69, 9.17) is 11.6 Å². The van der Waals surface area contributed by atoms with Crippen molar-refractivity contribution in [2.75, 3.05) is 0 Å². The van der Waals surface area contributed by atoms with Crippen molar-refractivity contribution < 1.29 is 4.79 Å². The van der Waals surface area contributed by atoms with E-state index in [1.165, 1.54) is 32.1 Å². The van der Waals surface area contributed by atoms with Gasteiger partial charge in [0, 0.05) is 22.2 Å². The molecule has 1 fully saturated rings. The number of nitrogens with one attached hydrogen (secondary N) is 1. The van der Waals surface area contributed by atoms with E-state index in [-0.39, 0.29) is 11.8 Å². The fourth-order valence-electron chi connectivity index (χ4n) is 3.98. The molecular formula is C22H22ClNO. The first-order valence-corrected chi connectivity index (χ1v) is 9.47. The molecule has 2 aliphatic carbocycles. The second-order valence-electron chi connectivity index (χ2n) is 7.00. The van der Waals surface area contributed by atoms with E-state index in [1.807, 2.05) is 48.5 Å². The van der Waals surface area contributed by atoms with E-state index in [2.05, 4.69) is 11.4 Å². The van der Waals surface area contributed by atoms with Crippen LogP contribution in [0.15, 0.2) is 54.1 Å². The Labute approximate surface area is 153 Å². The maximum Gasteiger partial charge on any atom is 0.191 e. The van der Waals surface area contributed by atoms with Crippen LogP contribution in [0.1, 0.15) is 59.6 Å². The molecule has 0 aliphatic heterocycles. The Morgan fingerprint density at radius 2 is 1.68 bits per heavy atom. The summed E-state index contributed by atoms with van der Waals surface area (Å²) in [5.74, 6) is 0.138. The predicted molar refractivity (Wildman–Crippen MR) is 103 cm³/mol. The summed E-state index contributed by atoms with van der Waals surface area (Å²) in [6, 6.07) is 16.1. The minimum absolute atomic E-state index is 0.0116. The van der Waals surface area contributed by atoms with Crippen molar-refractivity contribution in [1.82, 2.24) is 5.32 Å².